The lowest BCUT2D eigenvalue weighted by Crippen LogP contribution is -2.00. The van der Waals surface area contributed by atoms with Crippen molar-refractivity contribution in [2.24, 2.45) is 4.99 Å². The van der Waals surface area contributed by atoms with Crippen LogP contribution in [0.4, 0.5) is 0 Å². The van der Waals surface area contributed by atoms with Crippen LogP contribution in [0.15, 0.2) is 168 Å². The van der Waals surface area contributed by atoms with E-state index in [1.165, 1.54) is 77.5 Å². The first-order valence-electron chi connectivity index (χ1n) is 21.1. The first kappa shape index (κ1) is 46.1. The molecule has 3 nitrogen and oxygen atoms in total. The molecule has 0 aliphatic rings. The van der Waals surface area contributed by atoms with Crippen molar-refractivity contribution in [1.29, 1.82) is 0 Å². The van der Waals surface area contributed by atoms with E-state index < -0.39 is 0 Å². The van der Waals surface area contributed by atoms with E-state index in [2.05, 4.69) is 239 Å². The fourth-order valence-electron chi connectivity index (χ4n) is 7.78. The fourth-order valence-corrected chi connectivity index (χ4v) is 7.78. The Balaban J connectivity index is 0.00000125. The smallest absolute Gasteiger partial charge is 0.0544 e. The Morgan fingerprint density at radius 2 is 1.33 bits per heavy atom. The van der Waals surface area contributed by atoms with Gasteiger partial charge in [-0.1, -0.05) is 129 Å². The zero-order valence-electron chi connectivity index (χ0n) is 37.3. The number of hydrogen-bond donors (Lipinski definition) is 0. The summed E-state index contributed by atoms with van der Waals surface area (Å²) in [7, 11) is 1.75. The van der Waals surface area contributed by atoms with Gasteiger partial charge >= 0.3 is 0 Å². The van der Waals surface area contributed by atoms with Crippen LogP contribution in [0.2, 0.25) is 0 Å². The molecule has 6 rings (SSSR count). The van der Waals surface area contributed by atoms with Crippen molar-refractivity contribution >= 4 is 56.4 Å². The van der Waals surface area contributed by atoms with Gasteiger partial charge in [0.2, 0.25) is 0 Å². The van der Waals surface area contributed by atoms with Crippen molar-refractivity contribution in [3.05, 3.63) is 186 Å². The van der Waals surface area contributed by atoms with Gasteiger partial charge in [0.25, 0.3) is 0 Å². The van der Waals surface area contributed by atoms with Gasteiger partial charge < -0.3 is 14.1 Å². The second-order valence-electron chi connectivity index (χ2n) is 14.4. The SMILES string of the molecule is C#C.C/C=C\C=C/c1cc2c(CCC)c(-c3ccc4c(c3C)c3ccccc3n4C(/C=C(C)/C=C/C)=C/C=C\C)ccc2n1C(/C=C\C)=C/Cc1ccccc1.CC=NC. The van der Waals surface area contributed by atoms with Crippen molar-refractivity contribution in [1.82, 2.24) is 9.13 Å². The predicted octanol–water partition coefficient (Wildman–Crippen LogP) is 15.8. The molecule has 0 aliphatic carbocycles. The number of para-hydroxylation sites is 1. The van der Waals surface area contributed by atoms with Gasteiger partial charge in [-0.05, 0) is 149 Å². The van der Waals surface area contributed by atoms with Crippen LogP contribution in [-0.4, -0.2) is 22.4 Å². The molecule has 2 aromatic heterocycles. The van der Waals surface area contributed by atoms with Gasteiger partial charge in [0.05, 0.1) is 16.6 Å². The van der Waals surface area contributed by atoms with Crippen LogP contribution in [0.25, 0.3) is 61.3 Å². The summed E-state index contributed by atoms with van der Waals surface area (Å²) in [6, 6.07) is 31.4. The summed E-state index contributed by atoms with van der Waals surface area (Å²) >= 11 is 0. The number of benzene rings is 4. The molecule has 0 atom stereocenters. The molecule has 0 fully saturated rings. The third kappa shape index (κ3) is 10.7. The average molecular weight is 790 g/mol. The molecule has 4 aromatic carbocycles. The molecule has 0 bridgehead atoms. The molecule has 0 saturated carbocycles. The van der Waals surface area contributed by atoms with Crippen LogP contribution < -0.4 is 0 Å². The Labute approximate surface area is 360 Å². The second kappa shape index (κ2) is 23.7. The number of terminal acetylenes is 1. The number of nitrogens with zero attached hydrogens (tertiary/aromatic N) is 3. The molecule has 6 aromatic rings. The van der Waals surface area contributed by atoms with E-state index >= 15 is 0 Å². The van der Waals surface area contributed by atoms with E-state index in [1.54, 1.807) is 13.3 Å². The molecule has 0 spiro atoms. The molecule has 0 radical (unpaired) electrons. The first-order valence-corrected chi connectivity index (χ1v) is 21.1. The Morgan fingerprint density at radius 1 is 0.683 bits per heavy atom. The predicted molar refractivity (Wildman–Crippen MR) is 270 cm³/mol. The highest BCUT2D eigenvalue weighted by Crippen LogP contribution is 2.42. The summed E-state index contributed by atoms with van der Waals surface area (Å²) in [5.41, 5.74) is 15.0. The van der Waals surface area contributed by atoms with Crippen LogP contribution in [0, 0.1) is 19.8 Å². The number of fused-ring (bicyclic) bond motifs is 4. The molecule has 2 heterocycles. The lowest BCUT2D eigenvalue weighted by Gasteiger charge is -2.16. The van der Waals surface area contributed by atoms with Gasteiger partial charge in [0, 0.05) is 40.3 Å². The van der Waals surface area contributed by atoms with E-state index in [0.29, 0.717) is 0 Å². The zero-order valence-corrected chi connectivity index (χ0v) is 37.3. The van der Waals surface area contributed by atoms with E-state index in [4.69, 9.17) is 0 Å². The molecule has 0 N–H and O–H groups in total. The van der Waals surface area contributed by atoms with E-state index in [0.717, 1.165) is 25.0 Å². The molecule has 306 valence electrons. The van der Waals surface area contributed by atoms with Crippen LogP contribution in [0.3, 0.4) is 0 Å². The van der Waals surface area contributed by atoms with Gasteiger partial charge in [-0.3, -0.25) is 0 Å². The lowest BCUT2D eigenvalue weighted by molar-refractivity contribution is 0.931. The Kier molecular flexibility index (Phi) is 18.2. The molecule has 0 amide bonds. The monoisotopic (exact) mass is 790 g/mol. The Morgan fingerprint density at radius 3 is 2.00 bits per heavy atom. The van der Waals surface area contributed by atoms with Gasteiger partial charge in [-0.2, -0.15) is 0 Å². The summed E-state index contributed by atoms with van der Waals surface area (Å²) < 4.78 is 4.87. The summed E-state index contributed by atoms with van der Waals surface area (Å²) in [6.07, 6.45) is 41.0. The molecule has 0 saturated heterocycles. The fraction of sp³-hybridized carbons (Fsp3) is 0.211. The third-order valence-corrected chi connectivity index (χ3v) is 10.4. The van der Waals surface area contributed by atoms with Crippen molar-refractivity contribution in [2.75, 3.05) is 7.05 Å². The lowest BCUT2D eigenvalue weighted by atomic mass is 9.90. The average Bonchev–Trinajstić information content (AvgIpc) is 3.82. The van der Waals surface area contributed by atoms with Gasteiger partial charge in [-0.25, -0.2) is 0 Å². The highest BCUT2D eigenvalue weighted by molar-refractivity contribution is 6.14. The summed E-state index contributed by atoms with van der Waals surface area (Å²) in [4.78, 5) is 3.61. The number of rotatable bonds is 13. The number of hydrogen-bond acceptors (Lipinski definition) is 1. The van der Waals surface area contributed by atoms with Crippen molar-refractivity contribution in [3.63, 3.8) is 0 Å². The van der Waals surface area contributed by atoms with Gasteiger partial charge in [0.1, 0.15) is 0 Å². The molecule has 3 heteroatoms. The van der Waals surface area contributed by atoms with Crippen molar-refractivity contribution < 1.29 is 0 Å². The maximum atomic E-state index is 4.00. The van der Waals surface area contributed by atoms with Crippen LogP contribution >= 0.6 is 0 Å². The second-order valence-corrected chi connectivity index (χ2v) is 14.4. The summed E-state index contributed by atoms with van der Waals surface area (Å²) in [5.74, 6) is 0. The molecular formula is C57H63N3. The van der Waals surface area contributed by atoms with E-state index in [-0.39, 0.29) is 0 Å². The number of allylic oxidation sites excluding steroid dienone is 15. The van der Waals surface area contributed by atoms with Gasteiger partial charge in [-0.15, -0.1) is 12.8 Å². The van der Waals surface area contributed by atoms with Crippen LogP contribution in [0.5, 0.6) is 0 Å². The minimum Gasteiger partial charge on any atom is -0.310 e. The normalized spacial score (nSPS) is 12.9. The Bertz CT molecular complexity index is 2650. The van der Waals surface area contributed by atoms with Crippen LogP contribution in [-0.2, 0) is 12.8 Å². The largest absolute Gasteiger partial charge is 0.310 e. The summed E-state index contributed by atoms with van der Waals surface area (Å²) in [6.45, 7) is 17.0. The van der Waals surface area contributed by atoms with Gasteiger partial charge in [0.15, 0.2) is 0 Å². The van der Waals surface area contributed by atoms with Crippen molar-refractivity contribution in [3.8, 4) is 24.0 Å². The zero-order chi connectivity index (χ0) is 43.4. The third-order valence-electron chi connectivity index (χ3n) is 10.4. The van der Waals surface area contributed by atoms with Crippen LogP contribution in [0.1, 0.15) is 77.3 Å². The van der Waals surface area contributed by atoms with E-state index in [9.17, 15) is 0 Å². The highest BCUT2D eigenvalue weighted by atomic mass is 15.0. The quantitative estimate of drug-likeness (QED) is 0.0632. The standard InChI is InChI=1S/C52H54N2.C3H7N.C2H2/c1-8-13-16-27-43-37-48-45(23-12-5)46(33-34-50(48)53(43)41(22-11-4)31-30-40-24-17-15-18-25-40)44-32-35-51-52(39(44)7)47-28-19-20-29-49(47)54(51)42(26-14-9-2)36-38(6)21-10-3;1-3-4-2;1-2/h8-11,13-22,24-29,31-37H,12,23,30H2,1-7H3;3H,1-2H3;1-2H/b13-8-,14-9-,21-10+,22-11-,27-16-,38-36+,41-31+,42-26+;;. The topological polar surface area (TPSA) is 22.2 Å². The minimum absolute atomic E-state index is 0.862. The number of aryl methyl sites for hydroxylation is 2. The maximum absolute atomic E-state index is 4.00. The summed E-state index contributed by atoms with van der Waals surface area (Å²) in [5, 5.41) is 3.89. The minimum atomic E-state index is 0.862. The number of aliphatic imine (C=N–C) groups is 1. The first-order chi connectivity index (χ1) is 29.4. The highest BCUT2D eigenvalue weighted by Gasteiger charge is 2.21. The van der Waals surface area contributed by atoms with E-state index in [1.807, 2.05) is 6.92 Å². The molecule has 60 heavy (non-hydrogen) atoms. The molecule has 0 unspecified atom stereocenters. The number of aromatic nitrogens is 2. The Hall–Kier alpha value is -6.63. The maximum Gasteiger partial charge on any atom is 0.0544 e. The molecular weight excluding hydrogens is 727 g/mol. The van der Waals surface area contributed by atoms with Crippen molar-refractivity contribution in [2.45, 2.75) is 74.7 Å². The molecule has 0 aliphatic heterocycles.